The number of aromatic nitrogens is 2. The Balaban J connectivity index is 1.65. The molecule has 0 bridgehead atoms. The first-order chi connectivity index (χ1) is 12.4. The van der Waals surface area contributed by atoms with Crippen molar-refractivity contribution < 1.29 is 0 Å². The van der Waals surface area contributed by atoms with Crippen molar-refractivity contribution in [1.29, 1.82) is 5.26 Å². The van der Waals surface area contributed by atoms with Gasteiger partial charge in [-0.25, -0.2) is 4.68 Å². The van der Waals surface area contributed by atoms with Crippen LogP contribution in [0.1, 0.15) is 56.5 Å². The average molecular weight is 350 g/mol. The molecule has 136 valence electrons. The minimum atomic E-state index is -0.0637. The lowest BCUT2D eigenvalue weighted by atomic mass is 9.92. The number of nitriles is 1. The third kappa shape index (κ3) is 4.20. The predicted octanol–water partition coefficient (Wildman–Crippen LogP) is 3.25. The van der Waals surface area contributed by atoms with Crippen LogP contribution in [0.4, 0.5) is 0 Å². The van der Waals surface area contributed by atoms with Crippen LogP contribution in [-0.4, -0.2) is 27.8 Å². The van der Waals surface area contributed by atoms with Gasteiger partial charge >= 0.3 is 0 Å². The highest BCUT2D eigenvalue weighted by Gasteiger charge is 2.24. The zero-order valence-corrected chi connectivity index (χ0v) is 15.8. The van der Waals surface area contributed by atoms with Crippen molar-refractivity contribution in [3.63, 3.8) is 0 Å². The Bertz CT molecular complexity index is 847. The fraction of sp³-hybridized carbons (Fsp3) is 0.476. The van der Waals surface area contributed by atoms with Crippen molar-refractivity contribution in [2.75, 3.05) is 13.1 Å². The van der Waals surface area contributed by atoms with Crippen molar-refractivity contribution in [2.24, 2.45) is 0 Å². The maximum atomic E-state index is 12.3. The molecule has 0 radical (unpaired) electrons. The predicted molar refractivity (Wildman–Crippen MR) is 102 cm³/mol. The lowest BCUT2D eigenvalue weighted by Crippen LogP contribution is -2.38. The summed E-state index contributed by atoms with van der Waals surface area (Å²) >= 11 is 0. The van der Waals surface area contributed by atoms with E-state index >= 15 is 0 Å². The second-order valence-corrected chi connectivity index (χ2v) is 8.07. The number of hydrogen-bond acceptors (Lipinski definition) is 4. The molecule has 1 fully saturated rings. The molecule has 0 spiro atoms. The molecule has 0 unspecified atom stereocenters. The minimum Gasteiger partial charge on any atom is -0.299 e. The standard InChI is InChI=1S/C21H26N4O/c1-21(2,3)19-8-9-20(26)25(23-19)18-10-12-24(13-11-18)15-17-6-4-16(14-22)5-7-17/h4-9,18H,10-13,15H2,1-3H3. The van der Waals surface area contributed by atoms with Crippen molar-refractivity contribution in [3.8, 4) is 6.07 Å². The molecule has 1 saturated heterocycles. The van der Waals surface area contributed by atoms with Crippen LogP contribution < -0.4 is 5.56 Å². The fourth-order valence-corrected chi connectivity index (χ4v) is 3.35. The highest BCUT2D eigenvalue weighted by molar-refractivity contribution is 5.31. The quantitative estimate of drug-likeness (QED) is 0.852. The largest absolute Gasteiger partial charge is 0.299 e. The summed E-state index contributed by atoms with van der Waals surface area (Å²) in [5.74, 6) is 0. The lowest BCUT2D eigenvalue weighted by molar-refractivity contribution is 0.169. The van der Waals surface area contributed by atoms with E-state index in [9.17, 15) is 4.79 Å². The van der Waals surface area contributed by atoms with Crippen LogP contribution in [-0.2, 0) is 12.0 Å². The van der Waals surface area contributed by atoms with Crippen LogP contribution in [0.2, 0.25) is 0 Å². The van der Waals surface area contributed by atoms with E-state index in [2.05, 4.69) is 36.8 Å². The summed E-state index contributed by atoms with van der Waals surface area (Å²) in [4.78, 5) is 14.7. The van der Waals surface area contributed by atoms with E-state index in [1.54, 1.807) is 10.7 Å². The first-order valence-electron chi connectivity index (χ1n) is 9.18. The number of benzene rings is 1. The molecule has 26 heavy (non-hydrogen) atoms. The number of nitrogens with zero attached hydrogens (tertiary/aromatic N) is 4. The van der Waals surface area contributed by atoms with E-state index < -0.39 is 0 Å². The Kier molecular flexibility index (Phi) is 5.24. The normalized spacial score (nSPS) is 16.4. The van der Waals surface area contributed by atoms with Crippen molar-refractivity contribution in [3.05, 3.63) is 63.6 Å². The molecule has 0 amide bonds. The summed E-state index contributed by atoms with van der Waals surface area (Å²) < 4.78 is 1.69. The SMILES string of the molecule is CC(C)(C)c1ccc(=O)n(C2CCN(Cc3ccc(C#N)cc3)CC2)n1. The summed E-state index contributed by atoms with van der Waals surface area (Å²) in [6.07, 6.45) is 1.85. The molecule has 1 aromatic carbocycles. The number of piperidine rings is 1. The van der Waals surface area contributed by atoms with E-state index in [1.807, 2.05) is 30.3 Å². The maximum absolute atomic E-state index is 12.3. The van der Waals surface area contributed by atoms with Crippen LogP contribution in [0, 0.1) is 11.3 Å². The van der Waals surface area contributed by atoms with Crippen LogP contribution >= 0.6 is 0 Å². The zero-order chi connectivity index (χ0) is 18.7. The highest BCUT2D eigenvalue weighted by atomic mass is 16.1. The molecule has 1 aliphatic heterocycles. The Morgan fingerprint density at radius 2 is 1.77 bits per heavy atom. The molecule has 5 heteroatoms. The van der Waals surface area contributed by atoms with Gasteiger partial charge in [-0.1, -0.05) is 32.9 Å². The Hall–Kier alpha value is -2.45. The third-order valence-electron chi connectivity index (χ3n) is 4.99. The van der Waals surface area contributed by atoms with E-state index in [-0.39, 0.29) is 17.0 Å². The monoisotopic (exact) mass is 350 g/mol. The maximum Gasteiger partial charge on any atom is 0.267 e. The van der Waals surface area contributed by atoms with Gasteiger partial charge in [0.05, 0.1) is 23.4 Å². The van der Waals surface area contributed by atoms with Gasteiger partial charge in [-0.2, -0.15) is 10.4 Å². The first-order valence-corrected chi connectivity index (χ1v) is 9.18. The number of hydrogen-bond donors (Lipinski definition) is 0. The molecular formula is C21H26N4O. The zero-order valence-electron chi connectivity index (χ0n) is 15.8. The summed E-state index contributed by atoms with van der Waals surface area (Å²) in [6.45, 7) is 9.11. The van der Waals surface area contributed by atoms with Gasteiger partial charge in [-0.05, 0) is 36.6 Å². The van der Waals surface area contributed by atoms with Crippen LogP contribution in [0.25, 0.3) is 0 Å². The molecular weight excluding hydrogens is 324 g/mol. The summed E-state index contributed by atoms with van der Waals surface area (Å²) in [5.41, 5.74) is 2.79. The topological polar surface area (TPSA) is 61.9 Å². The fourth-order valence-electron chi connectivity index (χ4n) is 3.35. The van der Waals surface area contributed by atoms with Crippen molar-refractivity contribution in [2.45, 2.75) is 51.6 Å². The molecule has 1 aromatic heterocycles. The van der Waals surface area contributed by atoms with Crippen molar-refractivity contribution in [1.82, 2.24) is 14.7 Å². The molecule has 1 aliphatic rings. The third-order valence-corrected chi connectivity index (χ3v) is 4.99. The summed E-state index contributed by atoms with van der Waals surface area (Å²) in [6, 6.07) is 13.6. The molecule has 5 nitrogen and oxygen atoms in total. The highest BCUT2D eigenvalue weighted by Crippen LogP contribution is 2.24. The molecule has 2 heterocycles. The second-order valence-electron chi connectivity index (χ2n) is 8.07. The molecule has 0 aliphatic carbocycles. The Labute approximate surface area is 154 Å². The molecule has 3 rings (SSSR count). The van der Waals surface area contributed by atoms with Gasteiger partial charge in [0.25, 0.3) is 5.56 Å². The van der Waals surface area contributed by atoms with Gasteiger partial charge in [0.2, 0.25) is 0 Å². The molecule has 0 atom stereocenters. The van der Waals surface area contributed by atoms with Crippen molar-refractivity contribution >= 4 is 0 Å². The smallest absolute Gasteiger partial charge is 0.267 e. The average Bonchev–Trinajstić information content (AvgIpc) is 2.62. The van der Waals surface area contributed by atoms with Gasteiger partial charge in [0, 0.05) is 31.1 Å². The molecule has 0 N–H and O–H groups in total. The summed E-state index contributed by atoms with van der Waals surface area (Å²) in [5, 5.41) is 13.5. The van der Waals surface area contributed by atoms with Gasteiger partial charge in [0.1, 0.15) is 0 Å². The lowest BCUT2D eigenvalue weighted by Gasteiger charge is -2.32. The Morgan fingerprint density at radius 3 is 2.35 bits per heavy atom. The van der Waals surface area contributed by atoms with E-state index in [4.69, 9.17) is 5.26 Å². The van der Waals surface area contributed by atoms with E-state index in [1.165, 1.54) is 5.56 Å². The summed E-state index contributed by atoms with van der Waals surface area (Å²) in [7, 11) is 0. The minimum absolute atomic E-state index is 0.0106. The van der Waals surface area contributed by atoms with E-state index in [0.29, 0.717) is 5.56 Å². The van der Waals surface area contributed by atoms with Gasteiger partial charge < -0.3 is 0 Å². The van der Waals surface area contributed by atoms with E-state index in [0.717, 1.165) is 38.2 Å². The van der Waals surface area contributed by atoms with Crippen LogP contribution in [0.5, 0.6) is 0 Å². The van der Waals surface area contributed by atoms with Gasteiger partial charge in [0.15, 0.2) is 0 Å². The first kappa shape index (κ1) is 18.3. The number of likely N-dealkylation sites (tertiary alicyclic amines) is 1. The van der Waals surface area contributed by atoms with Crippen LogP contribution in [0.3, 0.4) is 0 Å². The molecule has 0 saturated carbocycles. The van der Waals surface area contributed by atoms with Gasteiger partial charge in [-0.3, -0.25) is 9.69 Å². The molecule has 2 aromatic rings. The Morgan fingerprint density at radius 1 is 1.12 bits per heavy atom. The number of rotatable bonds is 3. The van der Waals surface area contributed by atoms with Gasteiger partial charge in [-0.15, -0.1) is 0 Å². The van der Waals surface area contributed by atoms with Crippen LogP contribution in [0.15, 0.2) is 41.2 Å². The second kappa shape index (κ2) is 7.43.